The minimum Gasteiger partial charge on any atom is -0.324 e. The van der Waals surface area contributed by atoms with E-state index in [-0.39, 0.29) is 6.04 Å². The topological polar surface area (TPSA) is 38.0 Å². The summed E-state index contributed by atoms with van der Waals surface area (Å²) in [5, 5.41) is 3.52. The Morgan fingerprint density at radius 2 is 2.12 bits per heavy atom. The van der Waals surface area contributed by atoms with Gasteiger partial charge in [0.15, 0.2) is 0 Å². The first-order valence-electron chi connectivity index (χ1n) is 5.80. The van der Waals surface area contributed by atoms with Crippen LogP contribution in [0.15, 0.2) is 24.3 Å². The van der Waals surface area contributed by atoms with Crippen LogP contribution >= 0.6 is 0 Å². The Labute approximate surface area is 97.2 Å². The normalized spacial score (nSPS) is 22.4. The summed E-state index contributed by atoms with van der Waals surface area (Å²) in [5.74, 6) is 5.97. The third kappa shape index (κ3) is 2.27. The van der Waals surface area contributed by atoms with Gasteiger partial charge in [0.1, 0.15) is 0 Å². The molecule has 84 valence electrons. The molecule has 0 saturated carbocycles. The Morgan fingerprint density at radius 1 is 1.38 bits per heavy atom. The average Bonchev–Trinajstić information content (AvgIpc) is 2.63. The van der Waals surface area contributed by atoms with Gasteiger partial charge in [0, 0.05) is 25.0 Å². The third-order valence-electron chi connectivity index (χ3n) is 3.08. The summed E-state index contributed by atoms with van der Waals surface area (Å²) in [5.41, 5.74) is 8.75. The molecule has 0 spiro atoms. The molecule has 2 atom stereocenters. The molecule has 2 heteroatoms. The summed E-state index contributed by atoms with van der Waals surface area (Å²) in [6.07, 6.45) is 1.91. The Hall–Kier alpha value is -1.30. The van der Waals surface area contributed by atoms with Crippen LogP contribution in [0.2, 0.25) is 0 Å². The molecule has 2 rings (SSSR count). The fourth-order valence-corrected chi connectivity index (χ4v) is 2.30. The molecule has 0 amide bonds. The molecule has 0 bridgehead atoms. The Morgan fingerprint density at radius 3 is 2.88 bits per heavy atom. The fourth-order valence-electron chi connectivity index (χ4n) is 2.30. The lowest BCUT2D eigenvalue weighted by molar-refractivity contribution is 0.506. The van der Waals surface area contributed by atoms with Gasteiger partial charge < -0.3 is 11.1 Å². The highest BCUT2D eigenvalue weighted by Gasteiger charge is 2.27. The van der Waals surface area contributed by atoms with Gasteiger partial charge in [-0.15, -0.1) is 11.8 Å². The molecule has 0 radical (unpaired) electrons. The Bertz CT molecular complexity index is 414. The van der Waals surface area contributed by atoms with E-state index in [9.17, 15) is 0 Å². The lowest BCUT2D eigenvalue weighted by Crippen LogP contribution is -2.20. The smallest absolute Gasteiger partial charge is 0.0342 e. The highest BCUT2D eigenvalue weighted by atomic mass is 14.9. The maximum Gasteiger partial charge on any atom is 0.0342 e. The van der Waals surface area contributed by atoms with Gasteiger partial charge in [-0.2, -0.15) is 0 Å². The highest BCUT2D eigenvalue weighted by Crippen LogP contribution is 2.36. The Kier molecular flexibility index (Phi) is 3.61. The Balaban J connectivity index is 2.00. The van der Waals surface area contributed by atoms with Gasteiger partial charge in [0.05, 0.1) is 0 Å². The standard InChI is InChI=1S/C14H18N2/c1-2-3-6-9-16-14-10-13(15)11-7-4-5-8-12(11)14/h4-5,7-8,13-14,16H,6,9-10,15H2,1H3. The first kappa shape index (κ1) is 11.2. The molecule has 1 aromatic carbocycles. The van der Waals surface area contributed by atoms with Crippen molar-refractivity contribution >= 4 is 0 Å². The van der Waals surface area contributed by atoms with Crippen LogP contribution in [0.4, 0.5) is 0 Å². The maximum atomic E-state index is 6.10. The highest BCUT2D eigenvalue weighted by molar-refractivity contribution is 5.37. The number of rotatable bonds is 3. The van der Waals surface area contributed by atoms with Gasteiger partial charge in [0.2, 0.25) is 0 Å². The molecule has 2 nitrogen and oxygen atoms in total. The monoisotopic (exact) mass is 214 g/mol. The van der Waals surface area contributed by atoms with Crippen molar-refractivity contribution in [1.29, 1.82) is 0 Å². The molecule has 2 unspecified atom stereocenters. The average molecular weight is 214 g/mol. The number of benzene rings is 1. The van der Waals surface area contributed by atoms with E-state index in [0.29, 0.717) is 6.04 Å². The second-order valence-electron chi connectivity index (χ2n) is 4.15. The van der Waals surface area contributed by atoms with E-state index in [2.05, 4.69) is 41.4 Å². The van der Waals surface area contributed by atoms with Crippen LogP contribution in [0.1, 0.15) is 43.0 Å². The number of hydrogen-bond donors (Lipinski definition) is 2. The van der Waals surface area contributed by atoms with Crippen LogP contribution in [0, 0.1) is 11.8 Å². The largest absolute Gasteiger partial charge is 0.324 e. The molecule has 0 fully saturated rings. The van der Waals surface area contributed by atoms with Crippen molar-refractivity contribution in [2.24, 2.45) is 5.73 Å². The van der Waals surface area contributed by atoms with Crippen LogP contribution in [0.5, 0.6) is 0 Å². The van der Waals surface area contributed by atoms with Crippen molar-refractivity contribution in [3.05, 3.63) is 35.4 Å². The first-order valence-corrected chi connectivity index (χ1v) is 5.80. The molecule has 0 aliphatic heterocycles. The molecule has 0 saturated heterocycles. The van der Waals surface area contributed by atoms with E-state index < -0.39 is 0 Å². The van der Waals surface area contributed by atoms with Gasteiger partial charge in [-0.1, -0.05) is 24.3 Å². The summed E-state index contributed by atoms with van der Waals surface area (Å²) in [7, 11) is 0. The number of hydrogen-bond acceptors (Lipinski definition) is 2. The zero-order chi connectivity index (χ0) is 11.4. The number of nitrogens with one attached hydrogen (secondary N) is 1. The van der Waals surface area contributed by atoms with E-state index in [1.165, 1.54) is 11.1 Å². The number of fused-ring (bicyclic) bond motifs is 1. The molecular formula is C14H18N2. The predicted molar refractivity (Wildman–Crippen MR) is 66.8 cm³/mol. The lowest BCUT2D eigenvalue weighted by Gasteiger charge is -2.12. The van der Waals surface area contributed by atoms with Crippen molar-refractivity contribution in [3.8, 4) is 11.8 Å². The molecule has 0 heterocycles. The van der Waals surface area contributed by atoms with Gasteiger partial charge >= 0.3 is 0 Å². The van der Waals surface area contributed by atoms with Crippen LogP contribution in [0.25, 0.3) is 0 Å². The minimum absolute atomic E-state index is 0.186. The zero-order valence-corrected chi connectivity index (χ0v) is 9.66. The predicted octanol–water partition coefficient (Wildman–Crippen LogP) is 2.13. The van der Waals surface area contributed by atoms with Crippen molar-refractivity contribution in [2.45, 2.75) is 31.8 Å². The quantitative estimate of drug-likeness (QED) is 0.597. The van der Waals surface area contributed by atoms with Gasteiger partial charge in [-0.25, -0.2) is 0 Å². The van der Waals surface area contributed by atoms with Crippen molar-refractivity contribution in [1.82, 2.24) is 5.32 Å². The maximum absolute atomic E-state index is 6.10. The van der Waals surface area contributed by atoms with Gasteiger partial charge in [-0.3, -0.25) is 0 Å². The van der Waals surface area contributed by atoms with Crippen LogP contribution in [-0.2, 0) is 0 Å². The van der Waals surface area contributed by atoms with Crippen LogP contribution < -0.4 is 11.1 Å². The SMILES string of the molecule is CC#CCCNC1CC(N)c2ccccc21. The van der Waals surface area contributed by atoms with E-state index in [4.69, 9.17) is 5.73 Å². The van der Waals surface area contributed by atoms with Gasteiger partial charge in [0.25, 0.3) is 0 Å². The second kappa shape index (κ2) is 5.16. The van der Waals surface area contributed by atoms with Gasteiger partial charge in [-0.05, 0) is 24.5 Å². The fraction of sp³-hybridized carbons (Fsp3) is 0.429. The second-order valence-corrected chi connectivity index (χ2v) is 4.15. The van der Waals surface area contributed by atoms with E-state index in [0.717, 1.165) is 19.4 Å². The van der Waals surface area contributed by atoms with E-state index >= 15 is 0 Å². The minimum atomic E-state index is 0.186. The van der Waals surface area contributed by atoms with Crippen molar-refractivity contribution in [3.63, 3.8) is 0 Å². The zero-order valence-electron chi connectivity index (χ0n) is 9.66. The molecule has 1 aliphatic rings. The lowest BCUT2D eigenvalue weighted by atomic mass is 10.1. The summed E-state index contributed by atoms with van der Waals surface area (Å²) >= 11 is 0. The van der Waals surface area contributed by atoms with Crippen molar-refractivity contribution < 1.29 is 0 Å². The molecule has 1 aromatic rings. The third-order valence-corrected chi connectivity index (χ3v) is 3.08. The molecule has 0 aromatic heterocycles. The van der Waals surface area contributed by atoms with E-state index in [1.54, 1.807) is 0 Å². The van der Waals surface area contributed by atoms with Crippen LogP contribution in [0.3, 0.4) is 0 Å². The van der Waals surface area contributed by atoms with E-state index in [1.807, 2.05) is 6.92 Å². The van der Waals surface area contributed by atoms with Crippen molar-refractivity contribution in [2.75, 3.05) is 6.54 Å². The molecule has 3 N–H and O–H groups in total. The first-order chi connectivity index (χ1) is 7.83. The summed E-state index contributed by atoms with van der Waals surface area (Å²) in [4.78, 5) is 0. The molecule has 16 heavy (non-hydrogen) atoms. The van der Waals surface area contributed by atoms with Crippen LogP contribution in [-0.4, -0.2) is 6.54 Å². The summed E-state index contributed by atoms with van der Waals surface area (Å²) in [6.45, 7) is 2.81. The summed E-state index contributed by atoms with van der Waals surface area (Å²) in [6, 6.07) is 9.04. The molecular weight excluding hydrogens is 196 g/mol. The molecule has 1 aliphatic carbocycles. The number of nitrogens with two attached hydrogens (primary N) is 1. The summed E-state index contributed by atoms with van der Waals surface area (Å²) < 4.78 is 0.